The third-order valence-electron chi connectivity index (χ3n) is 6.16. The summed E-state index contributed by atoms with van der Waals surface area (Å²) in [5, 5.41) is 8.92. The number of carboxylic acid groups (broad SMARTS) is 1. The Labute approximate surface area is 157 Å². The number of amides is 1. The minimum absolute atomic E-state index is 0.0111. The van der Waals surface area contributed by atoms with Crippen LogP contribution in [0.25, 0.3) is 0 Å². The van der Waals surface area contributed by atoms with Crippen molar-refractivity contribution in [1.29, 1.82) is 0 Å². The summed E-state index contributed by atoms with van der Waals surface area (Å²) in [6.45, 7) is 9.62. The number of hydrogen-bond acceptors (Lipinski definition) is 3. The minimum Gasteiger partial charge on any atom is -0.481 e. The van der Waals surface area contributed by atoms with Gasteiger partial charge in [0.25, 0.3) is 0 Å². The van der Waals surface area contributed by atoms with Gasteiger partial charge < -0.3 is 14.9 Å². The standard InChI is InChI=1S/C21H32N2O3/c1-14-7-8-15(2)17(13-14)21(4)11-12-22(5)16(3)20(21)23(6)18(24)9-10-19(25)26/h7-8,13,16,20H,9-12H2,1-6H3,(H,25,26)/t16?,20-,21+/m0/s1. The number of piperidine rings is 1. The second-order valence-corrected chi connectivity index (χ2v) is 8.05. The van der Waals surface area contributed by atoms with E-state index in [1.165, 1.54) is 16.7 Å². The lowest BCUT2D eigenvalue weighted by atomic mass is 9.66. The maximum Gasteiger partial charge on any atom is 0.303 e. The van der Waals surface area contributed by atoms with Crippen LogP contribution in [0.3, 0.4) is 0 Å². The molecule has 1 saturated heterocycles. The molecule has 0 spiro atoms. The van der Waals surface area contributed by atoms with Gasteiger partial charge in [0, 0.05) is 24.9 Å². The van der Waals surface area contributed by atoms with Crippen molar-refractivity contribution in [3.63, 3.8) is 0 Å². The third kappa shape index (κ3) is 3.93. The zero-order valence-corrected chi connectivity index (χ0v) is 16.9. The molecule has 1 amide bonds. The second kappa shape index (κ2) is 7.78. The summed E-state index contributed by atoms with van der Waals surface area (Å²) in [7, 11) is 3.92. The van der Waals surface area contributed by atoms with Gasteiger partial charge in [0.15, 0.2) is 0 Å². The topological polar surface area (TPSA) is 60.9 Å². The van der Waals surface area contributed by atoms with E-state index in [2.05, 4.69) is 57.8 Å². The largest absolute Gasteiger partial charge is 0.481 e. The van der Waals surface area contributed by atoms with Crippen molar-refractivity contribution < 1.29 is 14.7 Å². The van der Waals surface area contributed by atoms with Gasteiger partial charge in [-0.3, -0.25) is 9.59 Å². The Morgan fingerprint density at radius 1 is 1.31 bits per heavy atom. The van der Waals surface area contributed by atoms with Crippen LogP contribution in [0.5, 0.6) is 0 Å². The highest BCUT2D eigenvalue weighted by molar-refractivity contribution is 5.81. The number of likely N-dealkylation sites (tertiary alicyclic amines) is 1. The molecule has 1 aliphatic heterocycles. The summed E-state index contributed by atoms with van der Waals surface area (Å²) in [6, 6.07) is 6.70. The minimum atomic E-state index is -0.933. The van der Waals surface area contributed by atoms with Crippen LogP contribution in [-0.2, 0) is 15.0 Å². The van der Waals surface area contributed by atoms with Crippen LogP contribution in [0, 0.1) is 13.8 Å². The lowest BCUT2D eigenvalue weighted by molar-refractivity contribution is -0.143. The van der Waals surface area contributed by atoms with E-state index in [4.69, 9.17) is 5.11 Å². The summed E-state index contributed by atoms with van der Waals surface area (Å²) in [5.41, 5.74) is 3.58. The average Bonchev–Trinajstić information content (AvgIpc) is 2.58. The summed E-state index contributed by atoms with van der Waals surface area (Å²) in [4.78, 5) is 27.7. The Bertz CT molecular complexity index is 688. The van der Waals surface area contributed by atoms with Crippen LogP contribution >= 0.6 is 0 Å². The molecule has 5 nitrogen and oxygen atoms in total. The van der Waals surface area contributed by atoms with Gasteiger partial charge in [-0.25, -0.2) is 0 Å². The van der Waals surface area contributed by atoms with Crippen molar-refractivity contribution in [2.24, 2.45) is 0 Å². The van der Waals surface area contributed by atoms with E-state index in [0.29, 0.717) is 0 Å². The molecule has 1 unspecified atom stereocenters. The fourth-order valence-electron chi connectivity index (χ4n) is 4.48. The Morgan fingerprint density at radius 2 is 1.96 bits per heavy atom. The van der Waals surface area contributed by atoms with Crippen LogP contribution in [-0.4, -0.2) is 59.5 Å². The molecule has 5 heteroatoms. The lowest BCUT2D eigenvalue weighted by Crippen LogP contribution is -2.63. The maximum atomic E-state index is 12.7. The fraction of sp³-hybridized carbons (Fsp3) is 0.619. The molecule has 0 aliphatic carbocycles. The van der Waals surface area contributed by atoms with E-state index in [1.807, 2.05) is 7.05 Å². The van der Waals surface area contributed by atoms with Gasteiger partial charge in [0.05, 0.1) is 12.5 Å². The van der Waals surface area contributed by atoms with Gasteiger partial charge in [0.1, 0.15) is 0 Å². The number of nitrogens with zero attached hydrogens (tertiary/aromatic N) is 2. The molecule has 0 saturated carbocycles. The van der Waals surface area contributed by atoms with Gasteiger partial charge >= 0.3 is 5.97 Å². The second-order valence-electron chi connectivity index (χ2n) is 8.05. The summed E-state index contributed by atoms with van der Waals surface area (Å²) < 4.78 is 0. The molecule has 0 bridgehead atoms. The normalized spacial score (nSPS) is 26.5. The molecule has 2 rings (SSSR count). The van der Waals surface area contributed by atoms with E-state index in [1.54, 1.807) is 4.90 Å². The van der Waals surface area contributed by atoms with Gasteiger partial charge in [-0.2, -0.15) is 0 Å². The van der Waals surface area contributed by atoms with Gasteiger partial charge in [-0.05, 0) is 51.9 Å². The molecule has 1 aliphatic rings. The molecule has 1 N–H and O–H groups in total. The zero-order chi connectivity index (χ0) is 19.6. The number of carboxylic acids is 1. The Balaban J connectivity index is 2.43. The highest BCUT2D eigenvalue weighted by Crippen LogP contribution is 2.42. The quantitative estimate of drug-likeness (QED) is 0.877. The molecule has 0 aromatic heterocycles. The van der Waals surface area contributed by atoms with Crippen molar-refractivity contribution in [2.75, 3.05) is 20.6 Å². The van der Waals surface area contributed by atoms with Gasteiger partial charge in [0.2, 0.25) is 5.91 Å². The lowest BCUT2D eigenvalue weighted by Gasteiger charge is -2.53. The van der Waals surface area contributed by atoms with E-state index in [0.717, 1.165) is 13.0 Å². The number of benzene rings is 1. The number of aliphatic carboxylic acids is 1. The monoisotopic (exact) mass is 360 g/mol. The molecule has 144 valence electrons. The van der Waals surface area contributed by atoms with Crippen molar-refractivity contribution in [3.05, 3.63) is 34.9 Å². The molecule has 1 aromatic rings. The Morgan fingerprint density at radius 3 is 2.58 bits per heavy atom. The predicted octanol–water partition coefficient (Wildman–Crippen LogP) is 2.98. The van der Waals surface area contributed by atoms with Gasteiger partial charge in [-0.1, -0.05) is 30.7 Å². The number of likely N-dealkylation sites (N-methyl/N-ethyl adjacent to an activating group) is 2. The summed E-state index contributed by atoms with van der Waals surface area (Å²) >= 11 is 0. The molecule has 3 atom stereocenters. The molecule has 1 heterocycles. The van der Waals surface area contributed by atoms with Crippen molar-refractivity contribution >= 4 is 11.9 Å². The molecular formula is C21H32N2O3. The predicted molar refractivity (Wildman–Crippen MR) is 103 cm³/mol. The van der Waals surface area contributed by atoms with Crippen molar-refractivity contribution in [3.8, 4) is 0 Å². The highest BCUT2D eigenvalue weighted by Gasteiger charge is 2.47. The van der Waals surface area contributed by atoms with E-state index >= 15 is 0 Å². The molecule has 0 radical (unpaired) electrons. The highest BCUT2D eigenvalue weighted by atomic mass is 16.4. The molecule has 1 fully saturated rings. The fourth-order valence-corrected chi connectivity index (χ4v) is 4.48. The van der Waals surface area contributed by atoms with Crippen molar-refractivity contribution in [1.82, 2.24) is 9.80 Å². The van der Waals surface area contributed by atoms with Crippen LogP contribution < -0.4 is 0 Å². The SMILES string of the molecule is Cc1ccc(C)c([C@@]2(C)CCN(C)C(C)[C@@H]2N(C)C(=O)CCC(=O)O)c1. The Kier molecular flexibility index (Phi) is 6.12. The third-order valence-corrected chi connectivity index (χ3v) is 6.16. The average molecular weight is 360 g/mol. The number of rotatable bonds is 5. The first kappa shape index (κ1) is 20.4. The molecule has 26 heavy (non-hydrogen) atoms. The summed E-state index contributed by atoms with van der Waals surface area (Å²) in [5.74, 6) is -1.03. The van der Waals surface area contributed by atoms with Crippen LogP contribution in [0.4, 0.5) is 0 Å². The first-order valence-corrected chi connectivity index (χ1v) is 9.33. The van der Waals surface area contributed by atoms with Crippen LogP contribution in [0.1, 0.15) is 49.8 Å². The van der Waals surface area contributed by atoms with Crippen LogP contribution in [0.2, 0.25) is 0 Å². The number of carbonyl (C=O) groups is 2. The number of aryl methyl sites for hydroxylation is 2. The first-order chi connectivity index (χ1) is 12.1. The van der Waals surface area contributed by atoms with E-state index < -0.39 is 5.97 Å². The Hall–Kier alpha value is -1.88. The maximum absolute atomic E-state index is 12.7. The van der Waals surface area contributed by atoms with E-state index in [9.17, 15) is 9.59 Å². The van der Waals surface area contributed by atoms with E-state index in [-0.39, 0.29) is 36.2 Å². The number of hydrogen-bond donors (Lipinski definition) is 1. The zero-order valence-electron chi connectivity index (χ0n) is 16.9. The smallest absolute Gasteiger partial charge is 0.303 e. The van der Waals surface area contributed by atoms with Crippen LogP contribution in [0.15, 0.2) is 18.2 Å². The molecule has 1 aromatic carbocycles. The molecular weight excluding hydrogens is 328 g/mol. The first-order valence-electron chi connectivity index (χ1n) is 9.33. The number of carbonyl (C=O) groups excluding carboxylic acids is 1. The van der Waals surface area contributed by atoms with Gasteiger partial charge in [-0.15, -0.1) is 0 Å². The van der Waals surface area contributed by atoms with Crippen molar-refractivity contribution in [2.45, 2.75) is 64.5 Å². The summed E-state index contributed by atoms with van der Waals surface area (Å²) in [6.07, 6.45) is 0.876.